The molecule has 0 aliphatic carbocycles. The molecule has 19 heavy (non-hydrogen) atoms. The first kappa shape index (κ1) is 16.4. The molecule has 0 aliphatic heterocycles. The quantitative estimate of drug-likeness (QED) is 0.480. The minimum Gasteiger partial charge on any atom is -0.478 e. The zero-order valence-electron chi connectivity index (χ0n) is 9.86. The largest absolute Gasteiger partial charge is 0.478 e. The van der Waals surface area contributed by atoms with E-state index >= 15 is 0 Å². The molecule has 104 valence electrons. The van der Waals surface area contributed by atoms with Gasteiger partial charge in [0.15, 0.2) is 0 Å². The summed E-state index contributed by atoms with van der Waals surface area (Å²) in [5.41, 5.74) is -1.03. The molecule has 8 heteroatoms. The van der Waals surface area contributed by atoms with Gasteiger partial charge in [-0.25, -0.2) is 19.2 Å². The summed E-state index contributed by atoms with van der Waals surface area (Å²) >= 11 is 0. The SMILES string of the molecule is CC(C/C(=C/C(=O)O)C(=O)O)/C(=C/C(=O)O)C(=O)O. The zero-order valence-corrected chi connectivity index (χ0v) is 9.86. The summed E-state index contributed by atoms with van der Waals surface area (Å²) in [4.78, 5) is 42.5. The molecule has 0 spiro atoms. The number of carboxylic acids is 4. The van der Waals surface area contributed by atoms with Gasteiger partial charge in [0.05, 0.1) is 0 Å². The standard InChI is InChI=1S/C11H12O8/c1-5(7(11(18)19)4-9(14)15)2-6(10(16)17)3-8(12)13/h3-5H,2H2,1H3,(H,12,13)(H,14,15)(H,16,17)(H,18,19)/b6-3-,7-4-. The third kappa shape index (κ3) is 6.01. The van der Waals surface area contributed by atoms with Crippen LogP contribution in [0, 0.1) is 5.92 Å². The Hall–Kier alpha value is -2.64. The molecular weight excluding hydrogens is 260 g/mol. The summed E-state index contributed by atoms with van der Waals surface area (Å²) < 4.78 is 0. The van der Waals surface area contributed by atoms with Gasteiger partial charge in [0.25, 0.3) is 0 Å². The molecule has 0 aromatic carbocycles. The maximum absolute atomic E-state index is 10.8. The van der Waals surface area contributed by atoms with Crippen LogP contribution in [0.4, 0.5) is 0 Å². The van der Waals surface area contributed by atoms with Gasteiger partial charge < -0.3 is 20.4 Å². The lowest BCUT2D eigenvalue weighted by molar-refractivity contribution is -0.136. The first-order chi connectivity index (χ1) is 8.65. The van der Waals surface area contributed by atoms with Crippen LogP contribution in [0.15, 0.2) is 23.3 Å². The maximum atomic E-state index is 10.8. The Balaban J connectivity index is 5.24. The van der Waals surface area contributed by atoms with E-state index in [0.717, 1.165) is 0 Å². The number of aliphatic carboxylic acids is 4. The van der Waals surface area contributed by atoms with Crippen LogP contribution in [-0.2, 0) is 19.2 Å². The molecule has 0 bridgehead atoms. The Morgan fingerprint density at radius 3 is 1.68 bits per heavy atom. The van der Waals surface area contributed by atoms with Crippen molar-refractivity contribution in [3.63, 3.8) is 0 Å². The van der Waals surface area contributed by atoms with Gasteiger partial charge in [-0.1, -0.05) is 6.92 Å². The van der Waals surface area contributed by atoms with Crippen molar-refractivity contribution in [1.82, 2.24) is 0 Å². The predicted molar refractivity (Wildman–Crippen MR) is 60.5 cm³/mol. The summed E-state index contributed by atoms with van der Waals surface area (Å²) in [5.74, 6) is -6.94. The summed E-state index contributed by atoms with van der Waals surface area (Å²) in [7, 11) is 0. The molecule has 0 radical (unpaired) electrons. The van der Waals surface area contributed by atoms with Crippen molar-refractivity contribution >= 4 is 23.9 Å². The highest BCUT2D eigenvalue weighted by Gasteiger charge is 2.22. The Bertz CT molecular complexity index is 471. The average Bonchev–Trinajstić information content (AvgIpc) is 2.23. The average molecular weight is 272 g/mol. The van der Waals surface area contributed by atoms with Crippen molar-refractivity contribution in [1.29, 1.82) is 0 Å². The topological polar surface area (TPSA) is 149 Å². The van der Waals surface area contributed by atoms with Crippen molar-refractivity contribution in [3.8, 4) is 0 Å². The number of carbonyl (C=O) groups is 4. The molecule has 0 rings (SSSR count). The molecule has 0 fully saturated rings. The van der Waals surface area contributed by atoms with Crippen molar-refractivity contribution in [2.45, 2.75) is 13.3 Å². The van der Waals surface area contributed by atoms with Gasteiger partial charge in [-0.15, -0.1) is 0 Å². The number of carboxylic acid groups (broad SMARTS) is 4. The van der Waals surface area contributed by atoms with E-state index in [4.69, 9.17) is 20.4 Å². The lowest BCUT2D eigenvalue weighted by Crippen LogP contribution is -2.15. The van der Waals surface area contributed by atoms with Crippen LogP contribution in [0.5, 0.6) is 0 Å². The van der Waals surface area contributed by atoms with E-state index in [2.05, 4.69) is 0 Å². The number of hydrogen-bond acceptors (Lipinski definition) is 4. The van der Waals surface area contributed by atoms with Crippen LogP contribution < -0.4 is 0 Å². The smallest absolute Gasteiger partial charge is 0.332 e. The van der Waals surface area contributed by atoms with E-state index in [1.54, 1.807) is 0 Å². The van der Waals surface area contributed by atoms with Crippen molar-refractivity contribution in [2.24, 2.45) is 5.92 Å². The summed E-state index contributed by atoms with van der Waals surface area (Å²) in [6.07, 6.45) is 0.485. The molecule has 1 atom stereocenters. The fraction of sp³-hybridized carbons (Fsp3) is 0.273. The van der Waals surface area contributed by atoms with Crippen LogP contribution in [-0.4, -0.2) is 44.3 Å². The van der Waals surface area contributed by atoms with Crippen LogP contribution >= 0.6 is 0 Å². The van der Waals surface area contributed by atoms with Crippen LogP contribution in [0.2, 0.25) is 0 Å². The van der Waals surface area contributed by atoms with E-state index in [9.17, 15) is 19.2 Å². The Kier molecular flexibility index (Phi) is 5.98. The second-order valence-electron chi connectivity index (χ2n) is 3.66. The molecule has 0 saturated heterocycles. The molecule has 0 heterocycles. The van der Waals surface area contributed by atoms with Crippen molar-refractivity contribution < 1.29 is 39.6 Å². The highest BCUT2D eigenvalue weighted by atomic mass is 16.4. The summed E-state index contributed by atoms with van der Waals surface area (Å²) in [5, 5.41) is 34.5. The number of rotatable bonds is 7. The van der Waals surface area contributed by atoms with Crippen molar-refractivity contribution in [2.75, 3.05) is 0 Å². The van der Waals surface area contributed by atoms with E-state index in [1.165, 1.54) is 6.92 Å². The van der Waals surface area contributed by atoms with Crippen LogP contribution in [0.25, 0.3) is 0 Å². The predicted octanol–water partition coefficient (Wildman–Crippen LogP) is 0.204. The Labute approximate surface area is 107 Å². The summed E-state index contributed by atoms with van der Waals surface area (Å²) in [6.45, 7) is 1.29. The Morgan fingerprint density at radius 1 is 0.895 bits per heavy atom. The monoisotopic (exact) mass is 272 g/mol. The Morgan fingerprint density at radius 2 is 1.37 bits per heavy atom. The van der Waals surface area contributed by atoms with E-state index in [-0.39, 0.29) is 0 Å². The fourth-order valence-electron chi connectivity index (χ4n) is 1.34. The van der Waals surface area contributed by atoms with Gasteiger partial charge in [0, 0.05) is 23.3 Å². The van der Waals surface area contributed by atoms with Crippen LogP contribution in [0.1, 0.15) is 13.3 Å². The third-order valence-corrected chi connectivity index (χ3v) is 2.16. The molecule has 4 N–H and O–H groups in total. The first-order valence-electron chi connectivity index (χ1n) is 4.99. The molecule has 0 aromatic rings. The lowest BCUT2D eigenvalue weighted by Gasteiger charge is -2.12. The number of hydrogen-bond donors (Lipinski definition) is 4. The first-order valence-corrected chi connectivity index (χ1v) is 4.99. The third-order valence-electron chi connectivity index (χ3n) is 2.16. The lowest BCUT2D eigenvalue weighted by atomic mass is 9.92. The second kappa shape index (κ2) is 6.94. The highest BCUT2D eigenvalue weighted by Crippen LogP contribution is 2.20. The molecule has 0 saturated carbocycles. The second-order valence-corrected chi connectivity index (χ2v) is 3.66. The van der Waals surface area contributed by atoms with E-state index in [1.807, 2.05) is 0 Å². The van der Waals surface area contributed by atoms with E-state index in [0.29, 0.717) is 12.2 Å². The molecule has 1 unspecified atom stereocenters. The molecular formula is C11H12O8. The van der Waals surface area contributed by atoms with Crippen molar-refractivity contribution in [3.05, 3.63) is 23.3 Å². The molecule has 0 aliphatic rings. The maximum Gasteiger partial charge on any atom is 0.332 e. The van der Waals surface area contributed by atoms with Gasteiger partial charge in [0.2, 0.25) is 0 Å². The fourth-order valence-corrected chi connectivity index (χ4v) is 1.34. The van der Waals surface area contributed by atoms with Gasteiger partial charge in [0.1, 0.15) is 0 Å². The van der Waals surface area contributed by atoms with Crippen LogP contribution in [0.3, 0.4) is 0 Å². The van der Waals surface area contributed by atoms with Gasteiger partial charge >= 0.3 is 23.9 Å². The zero-order chi connectivity index (χ0) is 15.2. The normalized spacial score (nSPS) is 13.7. The summed E-state index contributed by atoms with van der Waals surface area (Å²) in [6, 6.07) is 0. The van der Waals surface area contributed by atoms with E-state index < -0.39 is 47.4 Å². The van der Waals surface area contributed by atoms with Gasteiger partial charge in [-0.05, 0) is 12.3 Å². The molecule has 0 amide bonds. The van der Waals surface area contributed by atoms with Gasteiger partial charge in [-0.3, -0.25) is 0 Å². The molecule has 0 aromatic heterocycles. The molecule has 8 nitrogen and oxygen atoms in total. The van der Waals surface area contributed by atoms with Gasteiger partial charge in [-0.2, -0.15) is 0 Å². The highest BCUT2D eigenvalue weighted by molar-refractivity contribution is 5.97. The minimum absolute atomic E-state index is 0.410. The minimum atomic E-state index is -1.51.